The number of aliphatic hydroxyl groups excluding tert-OH is 5. The maximum Gasteiger partial charge on any atom is 0.0931 e. The molecule has 164 valence electrons. The van der Waals surface area contributed by atoms with Crippen molar-refractivity contribution in [2.45, 2.75) is 69.4 Å². The fraction of sp³-hybridized carbons (Fsp3) is 0.636. The summed E-state index contributed by atoms with van der Waals surface area (Å²) < 4.78 is 0.744. The molecule has 1 saturated carbocycles. The largest absolute Gasteiger partial charge is 0.394 e. The van der Waals surface area contributed by atoms with Crippen molar-refractivity contribution in [1.29, 1.82) is 0 Å². The Morgan fingerprint density at radius 1 is 1.14 bits per heavy atom. The molecule has 5 nitrogen and oxygen atoms in total. The minimum absolute atomic E-state index is 0.0798. The van der Waals surface area contributed by atoms with E-state index in [2.05, 4.69) is 0 Å². The van der Waals surface area contributed by atoms with Gasteiger partial charge in [-0.3, -0.25) is 0 Å². The lowest BCUT2D eigenvalue weighted by molar-refractivity contribution is 0.0868. The molecule has 1 heterocycles. The third-order valence-corrected chi connectivity index (χ3v) is 6.77. The molecule has 0 spiro atoms. The number of allylic oxidation sites excluding steroid dienone is 2. The van der Waals surface area contributed by atoms with Crippen LogP contribution in [0.1, 0.15) is 43.4 Å². The predicted molar refractivity (Wildman–Crippen MR) is 117 cm³/mol. The van der Waals surface area contributed by atoms with Gasteiger partial charge in [-0.2, -0.15) is 0 Å². The normalized spacial score (nSPS) is 27.2. The lowest BCUT2D eigenvalue weighted by Crippen LogP contribution is -2.20. The van der Waals surface area contributed by atoms with Crippen LogP contribution < -0.4 is 0 Å². The van der Waals surface area contributed by atoms with E-state index in [9.17, 15) is 20.4 Å². The van der Waals surface area contributed by atoms with E-state index < -0.39 is 24.4 Å². The number of aliphatic hydroxyl groups is 5. The zero-order valence-electron chi connectivity index (χ0n) is 16.6. The Labute approximate surface area is 182 Å². The van der Waals surface area contributed by atoms with Gasteiger partial charge in [0.1, 0.15) is 0 Å². The van der Waals surface area contributed by atoms with E-state index in [0.717, 1.165) is 28.5 Å². The summed E-state index contributed by atoms with van der Waals surface area (Å²) in [5, 5.41) is 49.0. The maximum absolute atomic E-state index is 10.3. The fourth-order valence-corrected chi connectivity index (χ4v) is 4.87. The van der Waals surface area contributed by atoms with E-state index in [1.54, 1.807) is 6.08 Å². The van der Waals surface area contributed by atoms with E-state index in [4.69, 9.17) is 16.7 Å². The quantitative estimate of drug-likeness (QED) is 0.252. The van der Waals surface area contributed by atoms with Crippen molar-refractivity contribution in [1.82, 2.24) is 0 Å². The predicted octanol–water partition coefficient (Wildman–Crippen LogP) is 3.08. The van der Waals surface area contributed by atoms with Crippen molar-refractivity contribution in [2.75, 3.05) is 6.61 Å². The summed E-state index contributed by atoms with van der Waals surface area (Å²) in [6, 6.07) is 3.82. The number of halogens is 1. The van der Waals surface area contributed by atoms with Crippen molar-refractivity contribution in [3.63, 3.8) is 0 Å². The van der Waals surface area contributed by atoms with Crippen LogP contribution in [-0.4, -0.2) is 56.6 Å². The molecule has 0 saturated heterocycles. The highest BCUT2D eigenvalue weighted by Gasteiger charge is 2.39. The van der Waals surface area contributed by atoms with Crippen LogP contribution in [0, 0.1) is 11.8 Å². The summed E-state index contributed by atoms with van der Waals surface area (Å²) in [6.45, 7) is -0.212. The lowest BCUT2D eigenvalue weighted by atomic mass is 9.89. The van der Waals surface area contributed by atoms with Crippen LogP contribution in [0.4, 0.5) is 0 Å². The topological polar surface area (TPSA) is 101 Å². The van der Waals surface area contributed by atoms with Crippen LogP contribution in [0.15, 0.2) is 36.4 Å². The van der Waals surface area contributed by atoms with Crippen molar-refractivity contribution in [3.8, 4) is 0 Å². The molecule has 0 unspecified atom stereocenters. The van der Waals surface area contributed by atoms with Crippen LogP contribution in [0.5, 0.6) is 0 Å². The number of aryl methyl sites for hydroxylation is 1. The standard InChI is InChI=1S/C22H33ClO5S/c23-22-12-10-17(29-22)9-7-15(25)8-11-19-18(20(27)13-21(19)28)6-4-2-1-3-5-16(26)14-24/h2,4,8,10-12,15-16,18-21,24-28H,1,3,5-7,9,13-14H2/b4-2-,11-8+/t15-,16+,18+,19+,20-,21+/m0/s1. The molecule has 0 amide bonds. The smallest absolute Gasteiger partial charge is 0.0931 e. The molecule has 1 aliphatic carbocycles. The molecule has 6 atom stereocenters. The molecule has 29 heavy (non-hydrogen) atoms. The van der Waals surface area contributed by atoms with E-state index in [0.29, 0.717) is 25.7 Å². The van der Waals surface area contributed by atoms with Gasteiger partial charge >= 0.3 is 0 Å². The van der Waals surface area contributed by atoms with Crippen LogP contribution in [0.2, 0.25) is 4.34 Å². The molecular weight excluding hydrogens is 412 g/mol. The van der Waals surface area contributed by atoms with Crippen LogP contribution in [0.3, 0.4) is 0 Å². The van der Waals surface area contributed by atoms with E-state index >= 15 is 0 Å². The fourth-order valence-electron chi connectivity index (χ4n) is 3.77. The van der Waals surface area contributed by atoms with Gasteiger partial charge in [-0.25, -0.2) is 0 Å². The highest BCUT2D eigenvalue weighted by atomic mass is 35.5. The molecule has 1 aromatic rings. The second-order valence-corrected chi connectivity index (χ2v) is 9.58. The van der Waals surface area contributed by atoms with Gasteiger partial charge in [0.15, 0.2) is 0 Å². The molecule has 1 fully saturated rings. The molecule has 7 heteroatoms. The zero-order chi connectivity index (χ0) is 21.2. The molecule has 1 aromatic heterocycles. The maximum atomic E-state index is 10.3. The first kappa shape index (κ1) is 24.5. The molecular formula is C22H33ClO5S. The Balaban J connectivity index is 1.79. The summed E-state index contributed by atoms with van der Waals surface area (Å²) >= 11 is 7.44. The van der Waals surface area contributed by atoms with Crippen LogP contribution in [0.25, 0.3) is 0 Å². The first-order valence-corrected chi connectivity index (χ1v) is 11.5. The Morgan fingerprint density at radius 3 is 2.62 bits per heavy atom. The van der Waals surface area contributed by atoms with Crippen molar-refractivity contribution >= 4 is 22.9 Å². The number of hydrogen-bond donors (Lipinski definition) is 5. The first-order valence-electron chi connectivity index (χ1n) is 10.3. The van der Waals surface area contributed by atoms with Crippen molar-refractivity contribution in [2.24, 2.45) is 11.8 Å². The van der Waals surface area contributed by atoms with Gasteiger partial charge in [-0.15, -0.1) is 11.3 Å². The van der Waals surface area contributed by atoms with Crippen molar-refractivity contribution in [3.05, 3.63) is 45.7 Å². The molecule has 0 radical (unpaired) electrons. The number of rotatable bonds is 12. The number of hydrogen-bond acceptors (Lipinski definition) is 6. The Hall–Kier alpha value is -0.730. The van der Waals surface area contributed by atoms with Crippen LogP contribution in [-0.2, 0) is 6.42 Å². The monoisotopic (exact) mass is 444 g/mol. The third kappa shape index (κ3) is 8.50. The van der Waals surface area contributed by atoms with Gasteiger partial charge in [-0.1, -0.05) is 35.9 Å². The van der Waals surface area contributed by atoms with Gasteiger partial charge in [0, 0.05) is 17.2 Å². The van der Waals surface area contributed by atoms with E-state index in [1.807, 2.05) is 30.4 Å². The second-order valence-electron chi connectivity index (χ2n) is 7.78. The van der Waals surface area contributed by atoms with Gasteiger partial charge in [-0.05, 0) is 56.6 Å². The molecule has 0 bridgehead atoms. The summed E-state index contributed by atoms with van der Waals surface area (Å²) in [5.41, 5.74) is 0. The molecule has 0 aliphatic heterocycles. The summed E-state index contributed by atoms with van der Waals surface area (Å²) in [7, 11) is 0. The SMILES string of the molecule is OC[C@H](O)CCC/C=C\C[C@@H]1[C@@H](/C=C/[C@@H](O)CCc2ccc(Cl)s2)[C@H](O)C[C@@H]1O. The molecule has 1 aliphatic rings. The van der Waals surface area contributed by atoms with Gasteiger partial charge in [0.2, 0.25) is 0 Å². The van der Waals surface area contributed by atoms with Gasteiger partial charge in [0.05, 0.1) is 35.4 Å². The van der Waals surface area contributed by atoms with E-state index in [1.165, 1.54) is 11.3 Å². The summed E-state index contributed by atoms with van der Waals surface area (Å²) in [5.74, 6) is -0.263. The number of thiophene rings is 1. The van der Waals surface area contributed by atoms with Crippen LogP contribution >= 0.6 is 22.9 Å². The Bertz CT molecular complexity index is 647. The first-order chi connectivity index (χ1) is 13.9. The number of unbranched alkanes of at least 4 members (excludes halogenated alkanes) is 1. The third-order valence-electron chi connectivity index (χ3n) is 5.48. The summed E-state index contributed by atoms with van der Waals surface area (Å²) in [4.78, 5) is 1.13. The summed E-state index contributed by atoms with van der Waals surface area (Å²) in [6.07, 6.45) is 9.66. The molecule has 2 rings (SSSR count). The highest BCUT2D eigenvalue weighted by Crippen LogP contribution is 2.36. The van der Waals surface area contributed by atoms with Crippen molar-refractivity contribution < 1.29 is 25.5 Å². The lowest BCUT2D eigenvalue weighted by Gasteiger charge is -2.19. The minimum Gasteiger partial charge on any atom is -0.394 e. The highest BCUT2D eigenvalue weighted by molar-refractivity contribution is 7.16. The Morgan fingerprint density at radius 2 is 1.93 bits per heavy atom. The van der Waals surface area contributed by atoms with E-state index in [-0.39, 0.29) is 18.4 Å². The molecule has 0 aromatic carbocycles. The minimum atomic E-state index is -0.659. The molecule has 5 N–H and O–H groups in total. The second kappa shape index (κ2) is 12.8. The van der Waals surface area contributed by atoms with Gasteiger partial charge in [0.25, 0.3) is 0 Å². The van der Waals surface area contributed by atoms with Gasteiger partial charge < -0.3 is 25.5 Å². The zero-order valence-corrected chi connectivity index (χ0v) is 18.2. The average Bonchev–Trinajstić information content (AvgIpc) is 3.23. The Kier molecular flexibility index (Phi) is 10.9. The average molecular weight is 445 g/mol.